The molecule has 0 saturated heterocycles. The van der Waals surface area contributed by atoms with Crippen LogP contribution in [-0.4, -0.2) is 22.6 Å². The number of anilines is 1. The van der Waals surface area contributed by atoms with Gasteiger partial charge in [0.15, 0.2) is 0 Å². The second-order valence-electron chi connectivity index (χ2n) is 9.45. The summed E-state index contributed by atoms with van der Waals surface area (Å²) in [6.45, 7) is 2.47. The molecule has 1 aliphatic carbocycles. The molecule has 7 heteroatoms. The molecule has 36 heavy (non-hydrogen) atoms. The lowest BCUT2D eigenvalue weighted by Crippen LogP contribution is -2.38. The van der Waals surface area contributed by atoms with E-state index in [2.05, 4.69) is 34.3 Å². The van der Waals surface area contributed by atoms with Crippen molar-refractivity contribution in [3.63, 3.8) is 0 Å². The first-order valence-electron chi connectivity index (χ1n) is 12.3. The van der Waals surface area contributed by atoms with Gasteiger partial charge in [0.05, 0.1) is 25.4 Å². The molecule has 0 radical (unpaired) electrons. The van der Waals surface area contributed by atoms with Gasteiger partial charge in [-0.3, -0.25) is 0 Å². The second kappa shape index (κ2) is 9.34. The molecule has 0 fully saturated rings. The van der Waals surface area contributed by atoms with Gasteiger partial charge in [-0.1, -0.05) is 29.8 Å². The zero-order valence-electron chi connectivity index (χ0n) is 20.4. The number of methoxy groups -OCH3 is 1. The summed E-state index contributed by atoms with van der Waals surface area (Å²) < 4.78 is 7.84. The zero-order chi connectivity index (χ0) is 24.8. The van der Waals surface area contributed by atoms with Crippen LogP contribution in [0.25, 0.3) is 5.00 Å². The molecule has 2 amide bonds. The summed E-state index contributed by atoms with van der Waals surface area (Å²) in [6.07, 6.45) is 6.75. The number of aromatic nitrogens is 1. The highest BCUT2D eigenvalue weighted by molar-refractivity contribution is 7.15. The highest BCUT2D eigenvalue weighted by atomic mass is 35.5. The van der Waals surface area contributed by atoms with Gasteiger partial charge in [-0.05, 0) is 85.7 Å². The Balaban J connectivity index is 1.51. The smallest absolute Gasteiger partial charge is 0.322 e. The van der Waals surface area contributed by atoms with E-state index < -0.39 is 0 Å². The van der Waals surface area contributed by atoms with Crippen molar-refractivity contribution in [2.75, 3.05) is 12.4 Å². The van der Waals surface area contributed by atoms with Gasteiger partial charge in [-0.15, -0.1) is 11.3 Å². The number of carbonyl (C=O) groups is 1. The minimum atomic E-state index is -0.284. The van der Waals surface area contributed by atoms with Gasteiger partial charge in [0, 0.05) is 27.3 Å². The maximum absolute atomic E-state index is 14.1. The Hall–Kier alpha value is -3.22. The molecular weight excluding hydrogens is 490 g/mol. The van der Waals surface area contributed by atoms with Crippen LogP contribution in [0.1, 0.15) is 51.7 Å². The lowest BCUT2D eigenvalue weighted by molar-refractivity contribution is 0.194. The number of carbonyl (C=O) groups excluding carboxylic acids is 1. The fourth-order valence-electron chi connectivity index (χ4n) is 5.48. The van der Waals surface area contributed by atoms with Crippen molar-refractivity contribution < 1.29 is 9.53 Å². The Morgan fingerprint density at radius 3 is 2.78 bits per heavy atom. The number of aryl methyl sites for hydroxylation is 1. The average Bonchev–Trinajstić information content (AvgIpc) is 3.48. The predicted octanol–water partition coefficient (Wildman–Crippen LogP) is 7.53. The third-order valence-corrected chi connectivity index (χ3v) is 9.10. The first-order chi connectivity index (χ1) is 17.5. The van der Waals surface area contributed by atoms with E-state index in [1.165, 1.54) is 33.8 Å². The van der Waals surface area contributed by atoms with Gasteiger partial charge in [0.25, 0.3) is 0 Å². The number of urea groups is 1. The van der Waals surface area contributed by atoms with E-state index in [1.54, 1.807) is 7.11 Å². The number of hydrogen-bond acceptors (Lipinski definition) is 3. The summed E-state index contributed by atoms with van der Waals surface area (Å²) in [7, 11) is 1.67. The van der Waals surface area contributed by atoms with Crippen LogP contribution in [0.15, 0.2) is 60.8 Å². The largest absolute Gasteiger partial charge is 0.497 e. The first kappa shape index (κ1) is 23.2. The number of hydrogen-bond donors (Lipinski definition) is 1. The SMILES string of the molecule is COc1cccc([C@H]2c3cccn3-c3sc4c(c3CN2C(=O)Nc2cccc(Cl)c2C)CCCC4)c1. The second-order valence-corrected chi connectivity index (χ2v) is 10.9. The van der Waals surface area contributed by atoms with Crippen molar-refractivity contribution in [3.05, 3.63) is 98.6 Å². The minimum Gasteiger partial charge on any atom is -0.497 e. The monoisotopic (exact) mass is 517 g/mol. The first-order valence-corrected chi connectivity index (χ1v) is 13.5. The number of ether oxygens (including phenoxy) is 1. The number of fused-ring (bicyclic) bond motifs is 5. The standard InChI is InChI=1S/C29H28ClN3O2S/c1-18-23(30)11-6-12-24(18)31-29(34)33-17-22-21-10-3-4-14-26(21)36-28(22)32-15-7-13-25(32)27(33)19-8-5-9-20(16-19)35-2/h5-9,11-13,15-16,27H,3-4,10,14,17H2,1-2H3,(H,31,34)/t27-/m0/s1. The molecule has 2 aliphatic rings. The molecule has 6 rings (SSSR count). The van der Waals surface area contributed by atoms with E-state index in [1.807, 2.05) is 59.6 Å². The molecule has 2 aromatic carbocycles. The fraction of sp³-hybridized carbons (Fsp3) is 0.276. The van der Waals surface area contributed by atoms with Crippen molar-refractivity contribution in [3.8, 4) is 10.8 Å². The molecule has 0 spiro atoms. The molecule has 1 aliphatic heterocycles. The van der Waals surface area contributed by atoms with Crippen LogP contribution >= 0.6 is 22.9 Å². The quantitative estimate of drug-likeness (QED) is 0.305. The maximum atomic E-state index is 14.1. The summed E-state index contributed by atoms with van der Waals surface area (Å²) in [4.78, 5) is 17.5. The number of rotatable bonds is 3. The van der Waals surface area contributed by atoms with E-state index in [-0.39, 0.29) is 12.1 Å². The zero-order valence-corrected chi connectivity index (χ0v) is 22.0. The molecule has 4 aromatic rings. The molecular formula is C29H28ClN3O2S. The number of amides is 2. The third-order valence-electron chi connectivity index (χ3n) is 7.36. The van der Waals surface area contributed by atoms with E-state index in [0.717, 1.165) is 41.1 Å². The van der Waals surface area contributed by atoms with E-state index in [0.29, 0.717) is 11.6 Å². The summed E-state index contributed by atoms with van der Waals surface area (Å²) in [5.41, 5.74) is 6.37. The van der Waals surface area contributed by atoms with Gasteiger partial charge >= 0.3 is 6.03 Å². The molecule has 5 nitrogen and oxygen atoms in total. The number of nitrogens with zero attached hydrogens (tertiary/aromatic N) is 2. The molecule has 1 atom stereocenters. The Kier molecular flexibility index (Phi) is 6.02. The molecule has 0 unspecified atom stereocenters. The molecule has 0 bridgehead atoms. The van der Waals surface area contributed by atoms with Gasteiger partial charge in [0.1, 0.15) is 10.8 Å². The Morgan fingerprint density at radius 1 is 1.08 bits per heavy atom. The van der Waals surface area contributed by atoms with Gasteiger partial charge < -0.3 is 19.5 Å². The average molecular weight is 518 g/mol. The van der Waals surface area contributed by atoms with Crippen LogP contribution in [-0.2, 0) is 19.4 Å². The van der Waals surface area contributed by atoms with Crippen molar-refractivity contribution in [2.24, 2.45) is 0 Å². The van der Waals surface area contributed by atoms with Crippen LogP contribution in [0.2, 0.25) is 5.02 Å². The van der Waals surface area contributed by atoms with Crippen LogP contribution < -0.4 is 10.1 Å². The number of thiophene rings is 1. The van der Waals surface area contributed by atoms with E-state index in [4.69, 9.17) is 16.3 Å². The van der Waals surface area contributed by atoms with Crippen LogP contribution in [0.3, 0.4) is 0 Å². The van der Waals surface area contributed by atoms with Gasteiger partial charge in [-0.2, -0.15) is 0 Å². The van der Waals surface area contributed by atoms with E-state index >= 15 is 0 Å². The van der Waals surface area contributed by atoms with E-state index in [9.17, 15) is 4.79 Å². The molecule has 3 heterocycles. The highest BCUT2D eigenvalue weighted by Crippen LogP contribution is 2.44. The fourth-order valence-corrected chi connectivity index (χ4v) is 7.06. The number of benzene rings is 2. The Labute approximate surface area is 220 Å². The van der Waals surface area contributed by atoms with Crippen LogP contribution in [0.5, 0.6) is 5.75 Å². The maximum Gasteiger partial charge on any atom is 0.322 e. The topological polar surface area (TPSA) is 46.5 Å². The summed E-state index contributed by atoms with van der Waals surface area (Å²) in [5, 5.41) is 5.04. The lowest BCUT2D eigenvalue weighted by atomic mass is 9.95. The normalized spacial score (nSPS) is 16.5. The molecule has 2 aromatic heterocycles. The molecule has 184 valence electrons. The number of halogens is 1. The number of nitrogens with one attached hydrogen (secondary N) is 1. The summed E-state index contributed by atoms with van der Waals surface area (Å²) in [5.74, 6) is 0.771. The van der Waals surface area contributed by atoms with Crippen molar-refractivity contribution in [2.45, 2.75) is 45.2 Å². The highest BCUT2D eigenvalue weighted by Gasteiger charge is 2.36. The van der Waals surface area contributed by atoms with Crippen LogP contribution in [0, 0.1) is 6.92 Å². The van der Waals surface area contributed by atoms with Crippen molar-refractivity contribution >= 4 is 34.7 Å². The third kappa shape index (κ3) is 3.89. The minimum absolute atomic E-state index is 0.149. The molecule has 0 saturated carbocycles. The Bertz CT molecular complexity index is 1460. The van der Waals surface area contributed by atoms with Crippen molar-refractivity contribution in [1.29, 1.82) is 0 Å². The van der Waals surface area contributed by atoms with Gasteiger partial charge in [0.2, 0.25) is 0 Å². The lowest BCUT2D eigenvalue weighted by Gasteiger charge is -2.32. The Morgan fingerprint density at radius 2 is 1.92 bits per heavy atom. The predicted molar refractivity (Wildman–Crippen MR) is 146 cm³/mol. The molecule has 1 N–H and O–H groups in total. The van der Waals surface area contributed by atoms with Gasteiger partial charge in [-0.25, -0.2) is 4.79 Å². The van der Waals surface area contributed by atoms with Crippen LogP contribution in [0.4, 0.5) is 10.5 Å². The summed E-state index contributed by atoms with van der Waals surface area (Å²) in [6, 6.07) is 17.4. The van der Waals surface area contributed by atoms with Crippen molar-refractivity contribution in [1.82, 2.24) is 9.47 Å². The summed E-state index contributed by atoms with van der Waals surface area (Å²) >= 11 is 8.26.